The number of carbonyl (C=O) groups excluding carboxylic acids is 2. The van der Waals surface area contributed by atoms with Crippen LogP contribution in [0.2, 0.25) is 0 Å². The fourth-order valence-corrected chi connectivity index (χ4v) is 3.62. The zero-order valence-corrected chi connectivity index (χ0v) is 16.0. The van der Waals surface area contributed by atoms with Gasteiger partial charge in [-0.25, -0.2) is 9.78 Å². The molecule has 1 aliphatic rings. The minimum absolute atomic E-state index is 0.446. The van der Waals surface area contributed by atoms with Crippen LogP contribution in [0.4, 0.5) is 0 Å². The molecule has 146 valence electrons. The van der Waals surface area contributed by atoms with Gasteiger partial charge in [0.05, 0.1) is 23.9 Å². The molecule has 6 nitrogen and oxygen atoms in total. The maximum Gasteiger partial charge on any atom is 0.339 e. The molecule has 0 aliphatic heterocycles. The number of benzene rings is 2. The lowest BCUT2D eigenvalue weighted by Gasteiger charge is -2.12. The maximum absolute atomic E-state index is 12.8. The Kier molecular flexibility index (Phi) is 4.99. The molecular weight excluding hydrogens is 368 g/mol. The van der Waals surface area contributed by atoms with E-state index < -0.39 is 18.5 Å². The third-order valence-corrected chi connectivity index (χ3v) is 4.95. The number of pyridine rings is 1. The Hall–Kier alpha value is -3.67. The number of methoxy groups -OCH3 is 1. The second kappa shape index (κ2) is 7.75. The molecule has 0 unspecified atom stereocenters. The van der Waals surface area contributed by atoms with Crippen LogP contribution in [0.1, 0.15) is 33.6 Å². The smallest absolute Gasteiger partial charge is 0.339 e. The second-order valence-corrected chi connectivity index (χ2v) is 6.82. The first-order valence-electron chi connectivity index (χ1n) is 9.29. The first kappa shape index (κ1) is 18.7. The summed E-state index contributed by atoms with van der Waals surface area (Å²) in [5.74, 6) is -0.444. The zero-order valence-electron chi connectivity index (χ0n) is 16.0. The number of amides is 1. The lowest BCUT2D eigenvalue weighted by atomic mass is 10.0. The minimum atomic E-state index is -0.687. The molecule has 0 saturated heterocycles. The zero-order chi connectivity index (χ0) is 20.4. The van der Waals surface area contributed by atoms with E-state index in [-0.39, 0.29) is 0 Å². The van der Waals surface area contributed by atoms with E-state index in [9.17, 15) is 9.59 Å². The Morgan fingerprint density at radius 3 is 2.59 bits per heavy atom. The lowest BCUT2D eigenvalue weighted by Crippen LogP contribution is -2.21. The highest BCUT2D eigenvalue weighted by atomic mass is 16.5. The molecule has 1 aromatic heterocycles. The molecule has 2 aromatic carbocycles. The number of allylic oxidation sites excluding steroid dienone is 1. The van der Waals surface area contributed by atoms with Crippen LogP contribution in [-0.4, -0.2) is 30.6 Å². The topological polar surface area (TPSA) is 91.5 Å². The van der Waals surface area contributed by atoms with Gasteiger partial charge in [-0.15, -0.1) is 0 Å². The number of nitrogens with zero attached hydrogens (tertiary/aromatic N) is 1. The molecule has 0 saturated carbocycles. The Balaban J connectivity index is 1.80. The summed E-state index contributed by atoms with van der Waals surface area (Å²) in [5.41, 5.74) is 10.0. The molecular formula is C23H20N2O4. The van der Waals surface area contributed by atoms with Gasteiger partial charge >= 0.3 is 5.97 Å². The summed E-state index contributed by atoms with van der Waals surface area (Å²) in [6.07, 6.45) is 3.52. The van der Waals surface area contributed by atoms with Crippen molar-refractivity contribution in [3.05, 3.63) is 70.9 Å². The van der Waals surface area contributed by atoms with E-state index in [1.54, 1.807) is 7.11 Å². The number of nitrogens with two attached hydrogens (primary N) is 1. The number of hydrogen-bond acceptors (Lipinski definition) is 5. The molecule has 0 radical (unpaired) electrons. The predicted octanol–water partition coefficient (Wildman–Crippen LogP) is 3.37. The van der Waals surface area contributed by atoms with Crippen LogP contribution in [0, 0.1) is 0 Å². The van der Waals surface area contributed by atoms with Crippen molar-refractivity contribution in [1.29, 1.82) is 0 Å². The standard InChI is InChI=1S/C23H20N2O4/c1-28-16-9-6-14(7-10-16)12-15-8-11-18-21(23(27)29-13-20(24)26)17-4-2-3-5-19(17)25-22(15)18/h2-7,9-10,12H,8,11,13H2,1H3,(H2,24,26). The number of carbonyl (C=O) groups is 2. The van der Waals surface area contributed by atoms with Gasteiger partial charge in [0.2, 0.25) is 0 Å². The molecule has 0 bridgehead atoms. The summed E-state index contributed by atoms with van der Waals surface area (Å²) in [5, 5.41) is 0.714. The Morgan fingerprint density at radius 2 is 1.86 bits per heavy atom. The van der Waals surface area contributed by atoms with Crippen molar-refractivity contribution >= 4 is 34.4 Å². The highest BCUT2D eigenvalue weighted by Gasteiger charge is 2.27. The summed E-state index contributed by atoms with van der Waals surface area (Å²) in [6.45, 7) is -0.446. The minimum Gasteiger partial charge on any atom is -0.497 e. The second-order valence-electron chi connectivity index (χ2n) is 6.82. The normalized spacial score (nSPS) is 14.0. The molecule has 2 N–H and O–H groups in total. The van der Waals surface area contributed by atoms with Gasteiger partial charge in [-0.3, -0.25) is 4.79 Å². The summed E-state index contributed by atoms with van der Waals surface area (Å²) in [4.78, 5) is 28.6. The fraction of sp³-hybridized carbons (Fsp3) is 0.174. The van der Waals surface area contributed by atoms with Gasteiger partial charge in [-0.2, -0.15) is 0 Å². The third-order valence-electron chi connectivity index (χ3n) is 4.95. The van der Waals surface area contributed by atoms with Gasteiger partial charge in [0.1, 0.15) is 5.75 Å². The van der Waals surface area contributed by atoms with Gasteiger partial charge in [-0.05, 0) is 53.8 Å². The number of esters is 1. The fourth-order valence-electron chi connectivity index (χ4n) is 3.62. The van der Waals surface area contributed by atoms with Crippen LogP contribution < -0.4 is 10.5 Å². The van der Waals surface area contributed by atoms with Gasteiger partial charge in [0.15, 0.2) is 6.61 Å². The van der Waals surface area contributed by atoms with Crippen molar-refractivity contribution in [2.24, 2.45) is 5.73 Å². The summed E-state index contributed by atoms with van der Waals surface area (Å²) in [7, 11) is 1.63. The van der Waals surface area contributed by atoms with Crippen molar-refractivity contribution < 1.29 is 19.1 Å². The van der Waals surface area contributed by atoms with E-state index in [4.69, 9.17) is 20.2 Å². The first-order chi connectivity index (χ1) is 14.1. The SMILES string of the molecule is COc1ccc(C=C2CCc3c2nc2ccccc2c3C(=O)OCC(N)=O)cc1. The van der Waals surface area contributed by atoms with Crippen molar-refractivity contribution in [3.63, 3.8) is 0 Å². The Labute approximate surface area is 168 Å². The quantitative estimate of drug-likeness (QED) is 0.677. The molecule has 3 aromatic rings. The molecule has 0 spiro atoms. The molecule has 4 rings (SSSR count). The Morgan fingerprint density at radius 1 is 1.10 bits per heavy atom. The number of rotatable bonds is 5. The number of para-hydroxylation sites is 1. The van der Waals surface area contributed by atoms with Crippen molar-refractivity contribution in [3.8, 4) is 5.75 Å². The van der Waals surface area contributed by atoms with Crippen LogP contribution in [0.3, 0.4) is 0 Å². The third kappa shape index (κ3) is 3.69. The molecule has 1 heterocycles. The largest absolute Gasteiger partial charge is 0.497 e. The van der Waals surface area contributed by atoms with E-state index in [0.29, 0.717) is 22.9 Å². The molecule has 0 fully saturated rings. The van der Waals surface area contributed by atoms with Crippen LogP contribution >= 0.6 is 0 Å². The van der Waals surface area contributed by atoms with Gasteiger partial charge < -0.3 is 15.2 Å². The number of primary amides is 1. The number of fused-ring (bicyclic) bond motifs is 2. The van der Waals surface area contributed by atoms with Crippen LogP contribution in [-0.2, 0) is 16.0 Å². The van der Waals surface area contributed by atoms with E-state index in [0.717, 1.165) is 34.6 Å². The monoisotopic (exact) mass is 388 g/mol. The van der Waals surface area contributed by atoms with E-state index in [1.165, 1.54) is 0 Å². The van der Waals surface area contributed by atoms with E-state index >= 15 is 0 Å². The van der Waals surface area contributed by atoms with Crippen LogP contribution in [0.25, 0.3) is 22.6 Å². The van der Waals surface area contributed by atoms with Gasteiger partial charge in [0, 0.05) is 5.39 Å². The van der Waals surface area contributed by atoms with Gasteiger partial charge in [0.25, 0.3) is 5.91 Å². The average Bonchev–Trinajstić information content (AvgIpc) is 3.12. The summed E-state index contributed by atoms with van der Waals surface area (Å²) >= 11 is 0. The van der Waals surface area contributed by atoms with E-state index in [2.05, 4.69) is 6.08 Å². The van der Waals surface area contributed by atoms with Crippen LogP contribution in [0.5, 0.6) is 5.75 Å². The summed E-state index contributed by atoms with van der Waals surface area (Å²) in [6, 6.07) is 15.2. The lowest BCUT2D eigenvalue weighted by molar-refractivity contribution is -0.121. The van der Waals surface area contributed by atoms with Crippen molar-refractivity contribution in [2.45, 2.75) is 12.8 Å². The predicted molar refractivity (Wildman–Crippen MR) is 110 cm³/mol. The maximum atomic E-state index is 12.8. The Bertz CT molecular complexity index is 1130. The van der Waals surface area contributed by atoms with Crippen LogP contribution in [0.15, 0.2) is 48.5 Å². The highest BCUT2D eigenvalue weighted by Crippen LogP contribution is 2.37. The van der Waals surface area contributed by atoms with Gasteiger partial charge in [-0.1, -0.05) is 30.3 Å². The average molecular weight is 388 g/mol. The number of ether oxygens (including phenoxy) is 2. The highest BCUT2D eigenvalue weighted by molar-refractivity contribution is 6.07. The molecule has 29 heavy (non-hydrogen) atoms. The number of hydrogen-bond donors (Lipinski definition) is 1. The molecule has 1 amide bonds. The van der Waals surface area contributed by atoms with Crippen molar-refractivity contribution in [2.75, 3.05) is 13.7 Å². The molecule has 6 heteroatoms. The first-order valence-corrected chi connectivity index (χ1v) is 9.29. The van der Waals surface area contributed by atoms with E-state index in [1.807, 2.05) is 48.5 Å². The molecule has 0 atom stereocenters. The number of aromatic nitrogens is 1. The summed E-state index contributed by atoms with van der Waals surface area (Å²) < 4.78 is 10.3. The molecule has 1 aliphatic carbocycles. The van der Waals surface area contributed by atoms with Crippen molar-refractivity contribution in [1.82, 2.24) is 4.98 Å².